The monoisotopic (exact) mass is 462 g/mol. The molecule has 3 rings (SSSR count). The number of benzene rings is 2. The van der Waals surface area contributed by atoms with Crippen LogP contribution in [0.2, 0.25) is 0 Å². The molecule has 0 radical (unpaired) electrons. The number of halogens is 1. The first-order valence-electron chi connectivity index (χ1n) is 8.34. The third-order valence-electron chi connectivity index (χ3n) is 4.54. The van der Waals surface area contributed by atoms with Crippen LogP contribution in [0.1, 0.15) is 27.2 Å². The van der Waals surface area contributed by atoms with Gasteiger partial charge in [-0.05, 0) is 68.3 Å². The molecular weight excluding hydrogens is 444 g/mol. The van der Waals surface area contributed by atoms with Crippen molar-refractivity contribution in [2.75, 3.05) is 5.32 Å². The van der Waals surface area contributed by atoms with Crippen molar-refractivity contribution in [3.8, 4) is 5.69 Å². The fourth-order valence-electron chi connectivity index (χ4n) is 2.79. The number of nitrogens with one attached hydrogen (secondary N) is 1. The van der Waals surface area contributed by atoms with Gasteiger partial charge in [0.1, 0.15) is 0 Å². The van der Waals surface area contributed by atoms with Gasteiger partial charge in [-0.25, -0.2) is 18.2 Å². The summed E-state index contributed by atoms with van der Waals surface area (Å²) in [5, 5.41) is 12.3. The molecule has 0 spiro atoms. The van der Waals surface area contributed by atoms with Gasteiger partial charge in [-0.3, -0.25) is 4.79 Å². The second kappa shape index (κ2) is 7.50. The largest absolute Gasteiger partial charge is 0.322 e. The Kier molecular flexibility index (Phi) is 5.42. The molecule has 0 fully saturated rings. The highest BCUT2D eigenvalue weighted by Crippen LogP contribution is 2.25. The fraction of sp³-hybridized carbons (Fsp3) is 0.158. The number of nitrogens with two attached hydrogens (primary N) is 1. The summed E-state index contributed by atoms with van der Waals surface area (Å²) in [6.07, 6.45) is 1.48. The maximum atomic E-state index is 12.8. The van der Waals surface area contributed by atoms with Crippen LogP contribution < -0.4 is 10.5 Å². The molecule has 0 saturated heterocycles. The van der Waals surface area contributed by atoms with Gasteiger partial charge in [-0.2, -0.15) is 5.10 Å². The highest BCUT2D eigenvalue weighted by Gasteiger charge is 2.18. The number of primary sulfonamides is 1. The molecule has 1 heterocycles. The van der Waals surface area contributed by atoms with Crippen LogP contribution in [0.5, 0.6) is 0 Å². The van der Waals surface area contributed by atoms with E-state index < -0.39 is 10.0 Å². The average Bonchev–Trinajstić information content (AvgIpc) is 3.00. The Labute approximate surface area is 171 Å². The third-order valence-corrected chi connectivity index (χ3v) is 5.96. The number of hydrogen-bond acceptors (Lipinski definition) is 4. The summed E-state index contributed by atoms with van der Waals surface area (Å²) in [7, 11) is -3.88. The Morgan fingerprint density at radius 1 is 1.14 bits per heavy atom. The van der Waals surface area contributed by atoms with E-state index in [0.717, 1.165) is 15.7 Å². The topological polar surface area (TPSA) is 107 Å². The molecule has 0 bridgehead atoms. The lowest BCUT2D eigenvalue weighted by molar-refractivity contribution is 0.102. The molecule has 0 saturated carbocycles. The lowest BCUT2D eigenvalue weighted by Gasteiger charge is -2.13. The Morgan fingerprint density at radius 2 is 1.79 bits per heavy atom. The number of carbonyl (C=O) groups is 1. The zero-order valence-electron chi connectivity index (χ0n) is 15.5. The van der Waals surface area contributed by atoms with Gasteiger partial charge in [0.25, 0.3) is 5.91 Å². The minimum Gasteiger partial charge on any atom is -0.322 e. The van der Waals surface area contributed by atoms with Crippen molar-refractivity contribution in [2.45, 2.75) is 25.7 Å². The predicted molar refractivity (Wildman–Crippen MR) is 111 cm³/mol. The highest BCUT2D eigenvalue weighted by atomic mass is 79.9. The van der Waals surface area contributed by atoms with Gasteiger partial charge in [-0.15, -0.1) is 0 Å². The normalized spacial score (nSPS) is 11.5. The van der Waals surface area contributed by atoms with Crippen molar-refractivity contribution in [2.24, 2.45) is 5.14 Å². The average molecular weight is 463 g/mol. The zero-order valence-corrected chi connectivity index (χ0v) is 17.9. The Morgan fingerprint density at radius 3 is 2.39 bits per heavy atom. The number of aryl methyl sites for hydroxylation is 1. The molecule has 0 atom stereocenters. The predicted octanol–water partition coefficient (Wildman–Crippen LogP) is 3.46. The van der Waals surface area contributed by atoms with Gasteiger partial charge in [0.05, 0.1) is 28.0 Å². The van der Waals surface area contributed by atoms with Crippen LogP contribution in [0.25, 0.3) is 5.69 Å². The van der Waals surface area contributed by atoms with Crippen LogP contribution >= 0.6 is 15.9 Å². The third kappa shape index (κ3) is 4.01. The molecule has 28 heavy (non-hydrogen) atoms. The molecule has 9 heteroatoms. The van der Waals surface area contributed by atoms with Crippen molar-refractivity contribution >= 4 is 37.5 Å². The highest BCUT2D eigenvalue weighted by molar-refractivity contribution is 9.10. The van der Waals surface area contributed by atoms with E-state index in [2.05, 4.69) is 26.3 Å². The summed E-state index contributed by atoms with van der Waals surface area (Å²) in [5.41, 5.74) is 3.74. The fourth-order valence-corrected chi connectivity index (χ4v) is 3.67. The lowest BCUT2D eigenvalue weighted by Crippen LogP contribution is -2.17. The number of hydrogen-bond donors (Lipinski definition) is 2. The number of rotatable bonds is 4. The zero-order chi connectivity index (χ0) is 20.6. The molecule has 1 amide bonds. The summed E-state index contributed by atoms with van der Waals surface area (Å²) in [4.78, 5) is 12.8. The number of aromatic nitrogens is 2. The van der Waals surface area contributed by atoms with Crippen molar-refractivity contribution in [3.05, 3.63) is 69.5 Å². The standard InChI is InChI=1S/C19H19BrN4O3S/c1-11-8-16(28(21,26)27)9-18(12(11)2)23-19(25)17-10-22-24(13(17)3)15-6-4-14(20)5-7-15/h4-10H,1-3H3,(H,23,25)(H2,21,26,27). The van der Waals surface area contributed by atoms with E-state index in [1.165, 1.54) is 18.3 Å². The SMILES string of the molecule is Cc1cc(S(N)(=O)=O)cc(NC(=O)c2cnn(-c3ccc(Br)cc3)c2C)c1C. The van der Waals surface area contributed by atoms with Crippen LogP contribution in [0.4, 0.5) is 5.69 Å². The van der Waals surface area contributed by atoms with Crippen LogP contribution in [-0.2, 0) is 10.0 Å². The second-order valence-electron chi connectivity index (χ2n) is 6.44. The molecule has 1 aromatic heterocycles. The van der Waals surface area contributed by atoms with E-state index in [-0.39, 0.29) is 10.8 Å². The maximum absolute atomic E-state index is 12.8. The van der Waals surface area contributed by atoms with E-state index in [1.807, 2.05) is 24.3 Å². The molecule has 0 aliphatic heterocycles. The van der Waals surface area contributed by atoms with Gasteiger partial charge in [-0.1, -0.05) is 15.9 Å². The quantitative estimate of drug-likeness (QED) is 0.618. The molecule has 0 aliphatic rings. The Bertz CT molecular complexity index is 1170. The van der Waals surface area contributed by atoms with Gasteiger partial charge >= 0.3 is 0 Å². The van der Waals surface area contributed by atoms with Crippen molar-refractivity contribution < 1.29 is 13.2 Å². The van der Waals surface area contributed by atoms with Crippen molar-refractivity contribution in [1.29, 1.82) is 0 Å². The van der Waals surface area contributed by atoms with Crippen molar-refractivity contribution in [1.82, 2.24) is 9.78 Å². The van der Waals surface area contributed by atoms with E-state index in [4.69, 9.17) is 5.14 Å². The van der Waals surface area contributed by atoms with E-state index >= 15 is 0 Å². The molecule has 3 N–H and O–H groups in total. The van der Waals surface area contributed by atoms with Gasteiger partial charge < -0.3 is 5.32 Å². The van der Waals surface area contributed by atoms with Crippen molar-refractivity contribution in [3.63, 3.8) is 0 Å². The molecule has 3 aromatic rings. The molecule has 0 unspecified atom stereocenters. The summed E-state index contributed by atoms with van der Waals surface area (Å²) < 4.78 is 26.0. The molecular formula is C19H19BrN4O3S. The van der Waals surface area contributed by atoms with Gasteiger partial charge in [0.15, 0.2) is 0 Å². The summed E-state index contributed by atoms with van der Waals surface area (Å²) in [5.74, 6) is -0.380. The molecule has 0 aliphatic carbocycles. The summed E-state index contributed by atoms with van der Waals surface area (Å²) in [6.45, 7) is 5.36. The summed E-state index contributed by atoms with van der Waals surface area (Å²) in [6, 6.07) is 10.4. The maximum Gasteiger partial charge on any atom is 0.259 e. The van der Waals surface area contributed by atoms with Gasteiger partial charge in [0, 0.05) is 10.2 Å². The minimum absolute atomic E-state index is 0.0480. The molecule has 146 valence electrons. The van der Waals surface area contributed by atoms with Crippen LogP contribution in [0.3, 0.4) is 0 Å². The molecule has 2 aromatic carbocycles. The number of nitrogens with zero attached hydrogens (tertiary/aromatic N) is 2. The second-order valence-corrected chi connectivity index (χ2v) is 8.92. The first kappa shape index (κ1) is 20.2. The molecule has 7 nitrogen and oxygen atoms in total. The minimum atomic E-state index is -3.88. The number of amides is 1. The van der Waals surface area contributed by atoms with Crippen LogP contribution in [0, 0.1) is 20.8 Å². The summed E-state index contributed by atoms with van der Waals surface area (Å²) >= 11 is 3.39. The van der Waals surface area contributed by atoms with Crippen LogP contribution in [-0.4, -0.2) is 24.1 Å². The van der Waals surface area contributed by atoms with E-state index in [1.54, 1.807) is 25.5 Å². The first-order valence-corrected chi connectivity index (χ1v) is 10.7. The smallest absolute Gasteiger partial charge is 0.259 e. The van der Waals surface area contributed by atoms with E-state index in [0.29, 0.717) is 22.5 Å². The van der Waals surface area contributed by atoms with Gasteiger partial charge in [0.2, 0.25) is 10.0 Å². The van der Waals surface area contributed by atoms with E-state index in [9.17, 15) is 13.2 Å². The van der Waals surface area contributed by atoms with Crippen LogP contribution in [0.15, 0.2) is 52.0 Å². The number of carbonyl (C=O) groups excluding carboxylic acids is 1. The first-order chi connectivity index (χ1) is 13.1. The Balaban J connectivity index is 1.95. The number of sulfonamides is 1. The number of anilines is 1. The Hall–Kier alpha value is -2.49. The lowest BCUT2D eigenvalue weighted by atomic mass is 10.1.